The number of aryl methyl sites for hydroxylation is 2. The van der Waals surface area contributed by atoms with Crippen LogP contribution in [-0.2, 0) is 17.8 Å². The lowest BCUT2D eigenvalue weighted by Crippen LogP contribution is -2.52. The van der Waals surface area contributed by atoms with Gasteiger partial charge in [-0.2, -0.15) is 5.10 Å². The molecule has 2 aromatic heterocycles. The summed E-state index contributed by atoms with van der Waals surface area (Å²) in [4.78, 5) is 26.3. The van der Waals surface area contributed by atoms with E-state index in [0.29, 0.717) is 25.5 Å². The Balaban J connectivity index is 1.38. The molecule has 0 radical (unpaired) electrons. The first-order chi connectivity index (χ1) is 13.9. The van der Waals surface area contributed by atoms with E-state index in [1.807, 2.05) is 19.9 Å². The van der Waals surface area contributed by atoms with Gasteiger partial charge in [0.25, 0.3) is 5.56 Å². The van der Waals surface area contributed by atoms with Crippen LogP contribution in [0.4, 0.5) is 4.39 Å². The second-order valence-electron chi connectivity index (χ2n) is 7.52. The number of amides is 1. The number of benzene rings is 1. The van der Waals surface area contributed by atoms with E-state index in [1.54, 1.807) is 27.8 Å². The molecule has 0 N–H and O–H groups in total. The van der Waals surface area contributed by atoms with Crippen LogP contribution >= 0.6 is 0 Å². The van der Waals surface area contributed by atoms with E-state index in [4.69, 9.17) is 0 Å². The fourth-order valence-electron chi connectivity index (χ4n) is 3.56. The molecule has 1 aliphatic rings. The quantitative estimate of drug-likeness (QED) is 0.661. The number of rotatable bonds is 5. The molecule has 29 heavy (non-hydrogen) atoms. The molecule has 7 nitrogen and oxygen atoms in total. The molecule has 0 aliphatic carbocycles. The third-order valence-corrected chi connectivity index (χ3v) is 5.09. The van der Waals surface area contributed by atoms with Crippen LogP contribution in [0.3, 0.4) is 0 Å². The van der Waals surface area contributed by atoms with E-state index in [1.165, 1.54) is 22.9 Å². The van der Waals surface area contributed by atoms with Crippen LogP contribution in [-0.4, -0.2) is 43.5 Å². The Bertz CT molecular complexity index is 1100. The fourth-order valence-corrected chi connectivity index (χ4v) is 3.56. The van der Waals surface area contributed by atoms with Crippen molar-refractivity contribution in [3.8, 4) is 5.82 Å². The monoisotopic (exact) mass is 395 g/mol. The largest absolute Gasteiger partial charge is 0.342 e. The lowest BCUT2D eigenvalue weighted by atomic mass is 9.99. The Morgan fingerprint density at radius 1 is 1.10 bits per heavy atom. The number of aromatic nitrogens is 4. The van der Waals surface area contributed by atoms with Crippen molar-refractivity contribution in [2.75, 3.05) is 13.1 Å². The predicted molar refractivity (Wildman–Crippen MR) is 105 cm³/mol. The first-order valence-corrected chi connectivity index (χ1v) is 9.53. The smallest absolute Gasteiger partial charge is 0.266 e. The van der Waals surface area contributed by atoms with Crippen molar-refractivity contribution in [1.82, 2.24) is 24.5 Å². The molecule has 0 bridgehead atoms. The second kappa shape index (κ2) is 7.62. The van der Waals surface area contributed by atoms with Crippen molar-refractivity contribution in [2.24, 2.45) is 5.92 Å². The first kappa shape index (κ1) is 19.0. The summed E-state index contributed by atoms with van der Waals surface area (Å²) >= 11 is 0. The van der Waals surface area contributed by atoms with Gasteiger partial charge in [0.05, 0.1) is 18.7 Å². The van der Waals surface area contributed by atoms with E-state index in [2.05, 4.69) is 10.2 Å². The van der Waals surface area contributed by atoms with Gasteiger partial charge in [0.15, 0.2) is 5.82 Å². The normalized spacial score (nSPS) is 14.1. The summed E-state index contributed by atoms with van der Waals surface area (Å²) in [6.45, 7) is 5.46. The number of carbonyl (C=O) groups excluding carboxylic acids is 1. The highest BCUT2D eigenvalue weighted by Crippen LogP contribution is 2.19. The number of carbonyl (C=O) groups is 1. The molecule has 4 rings (SSSR count). The Labute approximate surface area is 167 Å². The SMILES string of the molecule is Cc1cc(C)n(-c2ccc(=O)n(CC3CN(C(=O)Cc4ccc(F)cc4)C3)n2)n1. The Kier molecular flexibility index (Phi) is 5.00. The average molecular weight is 395 g/mol. The summed E-state index contributed by atoms with van der Waals surface area (Å²) < 4.78 is 16.1. The van der Waals surface area contributed by atoms with Gasteiger partial charge in [-0.1, -0.05) is 12.1 Å². The number of likely N-dealkylation sites (tertiary alicyclic amines) is 1. The first-order valence-electron chi connectivity index (χ1n) is 9.53. The van der Waals surface area contributed by atoms with Crippen molar-refractivity contribution in [3.05, 3.63) is 75.6 Å². The van der Waals surface area contributed by atoms with Gasteiger partial charge in [-0.15, -0.1) is 5.10 Å². The molecule has 1 aromatic carbocycles. The van der Waals surface area contributed by atoms with E-state index < -0.39 is 0 Å². The molecule has 1 amide bonds. The molecule has 0 saturated carbocycles. The summed E-state index contributed by atoms with van der Waals surface area (Å²) in [5.74, 6) is 0.460. The molecular formula is C21H22FN5O2. The van der Waals surface area contributed by atoms with Crippen LogP contribution < -0.4 is 5.56 Å². The van der Waals surface area contributed by atoms with Gasteiger partial charge in [0.2, 0.25) is 5.91 Å². The third kappa shape index (κ3) is 4.11. The second-order valence-corrected chi connectivity index (χ2v) is 7.52. The molecular weight excluding hydrogens is 373 g/mol. The van der Waals surface area contributed by atoms with Crippen molar-refractivity contribution in [3.63, 3.8) is 0 Å². The van der Waals surface area contributed by atoms with E-state index >= 15 is 0 Å². The third-order valence-electron chi connectivity index (χ3n) is 5.09. The molecule has 1 fully saturated rings. The average Bonchev–Trinajstić information content (AvgIpc) is 2.99. The number of halogens is 1. The van der Waals surface area contributed by atoms with Crippen LogP contribution in [0.25, 0.3) is 5.82 Å². The van der Waals surface area contributed by atoms with Gasteiger partial charge in [0.1, 0.15) is 5.82 Å². The highest BCUT2D eigenvalue weighted by molar-refractivity contribution is 5.79. The van der Waals surface area contributed by atoms with E-state index in [-0.39, 0.29) is 29.6 Å². The Morgan fingerprint density at radius 3 is 2.48 bits per heavy atom. The minimum Gasteiger partial charge on any atom is -0.342 e. The van der Waals surface area contributed by atoms with Gasteiger partial charge in [-0.3, -0.25) is 9.59 Å². The highest BCUT2D eigenvalue weighted by Gasteiger charge is 2.31. The van der Waals surface area contributed by atoms with Gasteiger partial charge in [-0.05, 0) is 43.7 Å². The Hall–Kier alpha value is -3.29. The lowest BCUT2D eigenvalue weighted by Gasteiger charge is -2.39. The highest BCUT2D eigenvalue weighted by atomic mass is 19.1. The zero-order chi connectivity index (χ0) is 20.5. The van der Waals surface area contributed by atoms with Gasteiger partial charge >= 0.3 is 0 Å². The molecule has 1 saturated heterocycles. The summed E-state index contributed by atoms with van der Waals surface area (Å²) in [6, 6.07) is 11.1. The summed E-state index contributed by atoms with van der Waals surface area (Å²) in [5, 5.41) is 8.86. The van der Waals surface area contributed by atoms with Crippen LogP contribution in [0.1, 0.15) is 17.0 Å². The van der Waals surface area contributed by atoms with Gasteiger partial charge in [0, 0.05) is 30.8 Å². The van der Waals surface area contributed by atoms with E-state index in [9.17, 15) is 14.0 Å². The van der Waals surface area contributed by atoms with Gasteiger partial charge in [-0.25, -0.2) is 13.8 Å². The maximum absolute atomic E-state index is 13.0. The van der Waals surface area contributed by atoms with E-state index in [0.717, 1.165) is 17.0 Å². The maximum Gasteiger partial charge on any atom is 0.266 e. The van der Waals surface area contributed by atoms with Crippen LogP contribution in [0.5, 0.6) is 0 Å². The van der Waals surface area contributed by atoms with Crippen molar-refractivity contribution >= 4 is 5.91 Å². The van der Waals surface area contributed by atoms with Crippen LogP contribution in [0, 0.1) is 25.6 Å². The summed E-state index contributed by atoms with van der Waals surface area (Å²) in [6.07, 6.45) is 0.249. The van der Waals surface area contributed by atoms with Crippen LogP contribution in [0.2, 0.25) is 0 Å². The molecule has 3 aromatic rings. The topological polar surface area (TPSA) is 73.0 Å². The molecule has 1 aliphatic heterocycles. The van der Waals surface area contributed by atoms with Crippen molar-refractivity contribution in [2.45, 2.75) is 26.8 Å². The Morgan fingerprint density at radius 2 is 1.83 bits per heavy atom. The summed E-state index contributed by atoms with van der Waals surface area (Å²) in [7, 11) is 0. The zero-order valence-corrected chi connectivity index (χ0v) is 16.4. The standard InChI is InChI=1S/C21H22FN5O2/c1-14-9-15(2)27(23-14)19-7-8-20(28)26(24-19)13-17-11-25(12-17)21(29)10-16-3-5-18(22)6-4-16/h3-9,17H,10-13H2,1-2H3. The predicted octanol–water partition coefficient (Wildman–Crippen LogP) is 1.89. The van der Waals surface area contributed by atoms with Crippen molar-refractivity contribution < 1.29 is 9.18 Å². The molecule has 150 valence electrons. The summed E-state index contributed by atoms with van der Waals surface area (Å²) in [5.41, 5.74) is 2.44. The van der Waals surface area contributed by atoms with Gasteiger partial charge < -0.3 is 4.90 Å². The minimum atomic E-state index is -0.314. The van der Waals surface area contributed by atoms with Crippen LogP contribution in [0.15, 0.2) is 47.3 Å². The maximum atomic E-state index is 13.0. The van der Waals surface area contributed by atoms with Crippen molar-refractivity contribution in [1.29, 1.82) is 0 Å². The number of nitrogens with zero attached hydrogens (tertiary/aromatic N) is 5. The number of hydrogen-bond donors (Lipinski definition) is 0. The lowest BCUT2D eigenvalue weighted by molar-refractivity contribution is -0.137. The molecule has 3 heterocycles. The fraction of sp³-hybridized carbons (Fsp3) is 0.333. The minimum absolute atomic E-state index is 0.00422. The molecule has 0 unspecified atom stereocenters. The molecule has 0 spiro atoms. The molecule has 8 heteroatoms. The molecule has 0 atom stereocenters. The number of hydrogen-bond acceptors (Lipinski definition) is 4. The zero-order valence-electron chi connectivity index (χ0n) is 16.4.